The largest absolute Gasteiger partial charge is 0.493 e. The van der Waals surface area contributed by atoms with Crippen LogP contribution >= 0.6 is 0 Å². The number of nitrogens with one attached hydrogen (secondary N) is 2. The third-order valence-corrected chi connectivity index (χ3v) is 5.14. The normalized spacial score (nSPS) is 10.4. The van der Waals surface area contributed by atoms with E-state index in [0.717, 1.165) is 0 Å². The highest BCUT2D eigenvalue weighted by atomic mass is 16.5. The predicted octanol–water partition coefficient (Wildman–Crippen LogP) is 3.26. The number of rotatable bonds is 9. The van der Waals surface area contributed by atoms with E-state index in [0.29, 0.717) is 39.8 Å². The van der Waals surface area contributed by atoms with Crippen LogP contribution in [-0.2, 0) is 11.3 Å². The first-order valence-electron chi connectivity index (χ1n) is 10.9. The molecule has 1 heterocycles. The fourth-order valence-corrected chi connectivity index (χ4v) is 3.46. The predicted molar refractivity (Wildman–Crippen MR) is 132 cm³/mol. The number of tetrazole rings is 1. The summed E-state index contributed by atoms with van der Waals surface area (Å²) in [5, 5.41) is 18.0. The molecule has 2 N–H and O–H groups in total. The third kappa shape index (κ3) is 5.41. The molecule has 3 aromatic carbocycles. The van der Waals surface area contributed by atoms with E-state index in [1.165, 1.54) is 26.1 Å². The molecule has 0 spiro atoms. The number of ether oxygens (including phenoxy) is 3. The molecule has 11 nitrogen and oxygen atoms in total. The zero-order valence-electron chi connectivity index (χ0n) is 19.9. The maximum absolute atomic E-state index is 13.1. The van der Waals surface area contributed by atoms with Crippen molar-refractivity contribution < 1.29 is 23.8 Å². The molecule has 0 aliphatic heterocycles. The fraction of sp³-hybridized carbons (Fsp3) is 0.160. The lowest BCUT2D eigenvalue weighted by molar-refractivity contribution is -0.117. The highest BCUT2D eigenvalue weighted by molar-refractivity contribution is 6.06. The van der Waals surface area contributed by atoms with Crippen LogP contribution < -0.4 is 24.8 Å². The van der Waals surface area contributed by atoms with E-state index in [2.05, 4.69) is 26.0 Å². The van der Waals surface area contributed by atoms with Crippen LogP contribution in [0.3, 0.4) is 0 Å². The molecular formula is C25H24N6O5. The molecule has 4 rings (SSSR count). The summed E-state index contributed by atoms with van der Waals surface area (Å²) in [5.41, 5.74) is 1.97. The van der Waals surface area contributed by atoms with E-state index in [1.807, 2.05) is 18.2 Å². The van der Waals surface area contributed by atoms with Gasteiger partial charge in [0.15, 0.2) is 11.5 Å². The number of carbonyl (C=O) groups is 2. The van der Waals surface area contributed by atoms with Gasteiger partial charge >= 0.3 is 0 Å². The summed E-state index contributed by atoms with van der Waals surface area (Å²) in [6.45, 7) is -0.123. The summed E-state index contributed by atoms with van der Waals surface area (Å²) in [6.07, 6.45) is 0. The number of aromatic nitrogens is 4. The number of carbonyl (C=O) groups excluding carboxylic acids is 2. The number of para-hydroxylation sites is 2. The lowest BCUT2D eigenvalue weighted by atomic mass is 10.1. The minimum Gasteiger partial charge on any atom is -0.493 e. The molecule has 0 saturated carbocycles. The Morgan fingerprint density at radius 1 is 0.861 bits per heavy atom. The topological polar surface area (TPSA) is 129 Å². The number of nitrogens with zero attached hydrogens (tertiary/aromatic N) is 4. The summed E-state index contributed by atoms with van der Waals surface area (Å²) >= 11 is 0. The van der Waals surface area contributed by atoms with Crippen molar-refractivity contribution in [1.82, 2.24) is 20.2 Å². The molecule has 0 saturated heterocycles. The van der Waals surface area contributed by atoms with Gasteiger partial charge in [0.1, 0.15) is 6.54 Å². The van der Waals surface area contributed by atoms with E-state index in [9.17, 15) is 9.59 Å². The van der Waals surface area contributed by atoms with Crippen molar-refractivity contribution in [1.29, 1.82) is 0 Å². The number of hydrogen-bond donors (Lipinski definition) is 2. The van der Waals surface area contributed by atoms with Crippen LogP contribution in [0.15, 0.2) is 66.7 Å². The molecule has 11 heteroatoms. The fourth-order valence-electron chi connectivity index (χ4n) is 3.46. The maximum atomic E-state index is 13.1. The lowest BCUT2D eigenvalue weighted by Gasteiger charge is -2.14. The number of methoxy groups -OCH3 is 3. The summed E-state index contributed by atoms with van der Waals surface area (Å²) < 4.78 is 16.0. The van der Waals surface area contributed by atoms with Gasteiger partial charge in [0, 0.05) is 16.8 Å². The first-order valence-corrected chi connectivity index (χ1v) is 10.9. The summed E-state index contributed by atoms with van der Waals surface area (Å²) in [5.74, 6) is 0.644. The van der Waals surface area contributed by atoms with E-state index in [4.69, 9.17) is 14.2 Å². The van der Waals surface area contributed by atoms with Gasteiger partial charge in [-0.3, -0.25) is 9.59 Å². The Morgan fingerprint density at radius 2 is 1.53 bits per heavy atom. The van der Waals surface area contributed by atoms with Gasteiger partial charge in [0.25, 0.3) is 5.91 Å². The molecule has 2 amide bonds. The van der Waals surface area contributed by atoms with Crippen molar-refractivity contribution in [2.45, 2.75) is 6.54 Å². The molecule has 0 aliphatic carbocycles. The minimum absolute atomic E-state index is 0.123. The molecule has 4 aromatic rings. The number of anilines is 2. The van der Waals surface area contributed by atoms with E-state index < -0.39 is 5.91 Å². The second-order valence-corrected chi connectivity index (χ2v) is 7.47. The Balaban J connectivity index is 1.52. The minimum atomic E-state index is -0.406. The Morgan fingerprint density at radius 3 is 2.19 bits per heavy atom. The van der Waals surface area contributed by atoms with Gasteiger partial charge in [0.2, 0.25) is 17.5 Å². The van der Waals surface area contributed by atoms with Crippen LogP contribution in [0.25, 0.3) is 11.4 Å². The number of benzene rings is 3. The van der Waals surface area contributed by atoms with Gasteiger partial charge in [-0.1, -0.05) is 30.3 Å². The van der Waals surface area contributed by atoms with Crippen LogP contribution in [0, 0.1) is 0 Å². The first kappa shape index (κ1) is 24.2. The van der Waals surface area contributed by atoms with E-state index in [1.54, 1.807) is 48.5 Å². The Kier molecular flexibility index (Phi) is 7.39. The molecule has 0 unspecified atom stereocenters. The number of amides is 2. The average molecular weight is 489 g/mol. The van der Waals surface area contributed by atoms with Crippen LogP contribution in [0.5, 0.6) is 17.2 Å². The van der Waals surface area contributed by atoms with Gasteiger partial charge in [-0.15, -0.1) is 10.2 Å². The molecule has 0 aliphatic rings. The second-order valence-electron chi connectivity index (χ2n) is 7.47. The smallest absolute Gasteiger partial charge is 0.255 e. The van der Waals surface area contributed by atoms with Gasteiger partial charge < -0.3 is 24.8 Å². The molecule has 0 atom stereocenters. The van der Waals surface area contributed by atoms with Crippen LogP contribution in [0.2, 0.25) is 0 Å². The van der Waals surface area contributed by atoms with Gasteiger partial charge in [0.05, 0.1) is 27.0 Å². The third-order valence-electron chi connectivity index (χ3n) is 5.14. The van der Waals surface area contributed by atoms with E-state index >= 15 is 0 Å². The molecular weight excluding hydrogens is 464 g/mol. The Bertz CT molecular complexity index is 1350. The van der Waals surface area contributed by atoms with Crippen LogP contribution in [-0.4, -0.2) is 53.4 Å². The van der Waals surface area contributed by atoms with Gasteiger partial charge in [-0.25, -0.2) is 0 Å². The summed E-state index contributed by atoms with van der Waals surface area (Å²) in [6, 6.07) is 19.2. The average Bonchev–Trinajstić information content (AvgIpc) is 3.36. The quantitative estimate of drug-likeness (QED) is 0.367. The second kappa shape index (κ2) is 11.0. The monoisotopic (exact) mass is 488 g/mol. The molecule has 184 valence electrons. The first-order chi connectivity index (χ1) is 17.5. The summed E-state index contributed by atoms with van der Waals surface area (Å²) in [7, 11) is 4.44. The van der Waals surface area contributed by atoms with Gasteiger partial charge in [-0.05, 0) is 41.6 Å². The Labute approximate surface area is 207 Å². The van der Waals surface area contributed by atoms with Crippen molar-refractivity contribution in [3.8, 4) is 28.6 Å². The molecule has 36 heavy (non-hydrogen) atoms. The highest BCUT2D eigenvalue weighted by Gasteiger charge is 2.19. The summed E-state index contributed by atoms with van der Waals surface area (Å²) in [4.78, 5) is 26.6. The van der Waals surface area contributed by atoms with Crippen LogP contribution in [0.1, 0.15) is 10.4 Å². The zero-order chi connectivity index (χ0) is 25.5. The standard InChI is InChI=1S/C25H24N6O5/c1-34-20-13-16(14-21(35-2)23(20)36-3)25(33)27-19-12-8-7-11-18(19)24-28-30-31(29-24)15-22(32)26-17-9-5-4-6-10-17/h4-14H,15H2,1-3H3,(H,26,32)(H,27,33). The van der Waals surface area contributed by atoms with E-state index in [-0.39, 0.29) is 18.3 Å². The van der Waals surface area contributed by atoms with Crippen molar-refractivity contribution in [2.24, 2.45) is 0 Å². The van der Waals surface area contributed by atoms with Gasteiger partial charge in [-0.2, -0.15) is 4.80 Å². The van der Waals surface area contributed by atoms with Crippen molar-refractivity contribution in [3.63, 3.8) is 0 Å². The van der Waals surface area contributed by atoms with Crippen molar-refractivity contribution >= 4 is 23.2 Å². The number of hydrogen-bond acceptors (Lipinski definition) is 8. The van der Waals surface area contributed by atoms with Crippen molar-refractivity contribution in [2.75, 3.05) is 32.0 Å². The maximum Gasteiger partial charge on any atom is 0.255 e. The SMILES string of the molecule is COc1cc(C(=O)Nc2ccccc2-c2nnn(CC(=O)Nc3ccccc3)n2)cc(OC)c1OC. The Hall–Kier alpha value is -4.93. The molecule has 0 bridgehead atoms. The highest BCUT2D eigenvalue weighted by Crippen LogP contribution is 2.38. The van der Waals surface area contributed by atoms with Crippen molar-refractivity contribution in [3.05, 3.63) is 72.3 Å². The van der Waals surface area contributed by atoms with Crippen LogP contribution in [0.4, 0.5) is 11.4 Å². The molecule has 0 fully saturated rings. The zero-order valence-corrected chi connectivity index (χ0v) is 19.9. The molecule has 0 radical (unpaired) electrons. The molecule has 1 aromatic heterocycles. The lowest BCUT2D eigenvalue weighted by Crippen LogP contribution is -2.20.